The molecule has 0 saturated carbocycles. The van der Waals surface area contributed by atoms with Gasteiger partial charge in [-0.3, -0.25) is 4.79 Å². The van der Waals surface area contributed by atoms with Gasteiger partial charge in [0.1, 0.15) is 11.1 Å². The number of anilines is 1. The van der Waals surface area contributed by atoms with E-state index in [1.807, 2.05) is 13.8 Å². The van der Waals surface area contributed by atoms with Crippen LogP contribution in [-0.2, 0) is 10.0 Å². The normalized spacial score (nSPS) is 11.4. The average molecular weight is 433 g/mol. The van der Waals surface area contributed by atoms with Gasteiger partial charge in [-0.2, -0.15) is 4.31 Å². The number of carbonyl (C=O) groups is 1. The van der Waals surface area contributed by atoms with Gasteiger partial charge in [0.05, 0.1) is 10.6 Å². The molecule has 0 aliphatic rings. The summed E-state index contributed by atoms with van der Waals surface area (Å²) in [6.07, 6.45) is 0. The first kappa shape index (κ1) is 20.6. The summed E-state index contributed by atoms with van der Waals surface area (Å²) >= 11 is 0. The lowest BCUT2D eigenvalue weighted by Gasteiger charge is -2.22. The first-order chi connectivity index (χ1) is 14.8. The van der Waals surface area contributed by atoms with Crippen molar-refractivity contribution in [3.05, 3.63) is 106 Å². The van der Waals surface area contributed by atoms with Gasteiger partial charge in [0.15, 0.2) is 0 Å². The molecule has 7 heteroatoms. The fourth-order valence-corrected chi connectivity index (χ4v) is 4.59. The summed E-state index contributed by atoms with van der Waals surface area (Å²) in [6, 6.07) is 20.7. The van der Waals surface area contributed by atoms with Gasteiger partial charge in [-0.1, -0.05) is 53.6 Å². The molecule has 0 aliphatic heterocycles. The lowest BCUT2D eigenvalue weighted by Crippen LogP contribution is -2.39. The maximum absolute atomic E-state index is 13.5. The maximum Gasteiger partial charge on any atom is 0.349 e. The molecule has 0 saturated heterocycles. The van der Waals surface area contributed by atoms with Crippen molar-refractivity contribution in [3.8, 4) is 0 Å². The minimum Gasteiger partial charge on any atom is -0.422 e. The molecule has 0 atom stereocenters. The number of carbonyl (C=O) groups excluding carboxylic acids is 1. The largest absolute Gasteiger partial charge is 0.422 e. The van der Waals surface area contributed by atoms with Crippen LogP contribution in [0, 0.1) is 13.8 Å². The molecule has 6 nitrogen and oxygen atoms in total. The van der Waals surface area contributed by atoms with E-state index < -0.39 is 21.6 Å². The SMILES string of the molecule is Cc1ccc(N(C(=O)c2cc3ccccc3oc2=O)S(=O)(=O)c2ccc(C)cc2)cc1. The summed E-state index contributed by atoms with van der Waals surface area (Å²) < 4.78 is 32.9. The summed E-state index contributed by atoms with van der Waals surface area (Å²) in [5.74, 6) is -0.982. The number of benzene rings is 3. The molecule has 4 aromatic rings. The molecular formula is C24H19NO5S. The van der Waals surface area contributed by atoms with Crippen LogP contribution in [0.15, 0.2) is 93.0 Å². The Hall–Kier alpha value is -3.71. The highest BCUT2D eigenvalue weighted by Crippen LogP contribution is 2.27. The first-order valence-corrected chi connectivity index (χ1v) is 11.0. The van der Waals surface area contributed by atoms with Gasteiger partial charge >= 0.3 is 5.63 Å². The molecule has 0 bridgehead atoms. The fraction of sp³-hybridized carbons (Fsp3) is 0.0833. The molecule has 0 unspecified atom stereocenters. The van der Waals surface area contributed by atoms with Crippen molar-refractivity contribution in [3.63, 3.8) is 0 Å². The van der Waals surface area contributed by atoms with Crippen LogP contribution in [-0.4, -0.2) is 14.3 Å². The van der Waals surface area contributed by atoms with Crippen molar-refractivity contribution in [2.45, 2.75) is 18.7 Å². The van der Waals surface area contributed by atoms with Crippen LogP contribution in [0.4, 0.5) is 5.69 Å². The van der Waals surface area contributed by atoms with E-state index in [1.54, 1.807) is 48.5 Å². The minimum atomic E-state index is -4.30. The van der Waals surface area contributed by atoms with Gasteiger partial charge in [0.25, 0.3) is 15.9 Å². The molecule has 0 radical (unpaired) electrons. The highest BCUT2D eigenvalue weighted by Gasteiger charge is 2.33. The molecular weight excluding hydrogens is 414 g/mol. The van der Waals surface area contributed by atoms with Crippen molar-refractivity contribution in [2.75, 3.05) is 4.31 Å². The Kier molecular flexibility index (Phi) is 5.20. The number of amides is 1. The number of sulfonamides is 1. The van der Waals surface area contributed by atoms with Gasteiger partial charge in [0.2, 0.25) is 0 Å². The zero-order valence-electron chi connectivity index (χ0n) is 16.9. The first-order valence-electron chi connectivity index (χ1n) is 9.53. The predicted octanol–water partition coefficient (Wildman–Crippen LogP) is 4.45. The summed E-state index contributed by atoms with van der Waals surface area (Å²) in [5, 5.41) is 0.516. The van der Waals surface area contributed by atoms with Gasteiger partial charge < -0.3 is 4.42 Å². The standard InChI is InChI=1S/C24H19NO5S/c1-16-7-11-19(12-8-16)25(31(28,29)20-13-9-17(2)10-14-20)23(26)21-15-18-5-3-4-6-22(18)30-24(21)27/h3-15H,1-2H3. The highest BCUT2D eigenvalue weighted by molar-refractivity contribution is 7.93. The molecule has 1 amide bonds. The third-order valence-corrected chi connectivity index (χ3v) is 6.61. The quantitative estimate of drug-likeness (QED) is 0.444. The number of hydrogen-bond acceptors (Lipinski definition) is 5. The molecule has 156 valence electrons. The summed E-state index contributed by atoms with van der Waals surface area (Å²) in [5.41, 5.74) is 0.947. The fourth-order valence-electron chi connectivity index (χ4n) is 3.18. The van der Waals surface area contributed by atoms with E-state index in [0.717, 1.165) is 11.1 Å². The van der Waals surface area contributed by atoms with Crippen molar-refractivity contribution in [1.82, 2.24) is 0 Å². The van der Waals surface area contributed by atoms with Crippen LogP contribution < -0.4 is 9.93 Å². The Morgan fingerprint density at radius 2 is 1.42 bits per heavy atom. The van der Waals surface area contributed by atoms with Crippen molar-refractivity contribution < 1.29 is 17.6 Å². The topological polar surface area (TPSA) is 84.7 Å². The number of aryl methyl sites for hydroxylation is 2. The number of para-hydroxylation sites is 1. The number of hydrogen-bond donors (Lipinski definition) is 0. The second-order valence-electron chi connectivity index (χ2n) is 7.21. The Labute approximate surface area is 179 Å². The smallest absolute Gasteiger partial charge is 0.349 e. The molecule has 1 aromatic heterocycles. The second-order valence-corrected chi connectivity index (χ2v) is 9.00. The van der Waals surface area contributed by atoms with Gasteiger partial charge in [-0.05, 0) is 50.2 Å². The zero-order chi connectivity index (χ0) is 22.2. The third kappa shape index (κ3) is 3.87. The molecule has 0 spiro atoms. The van der Waals surface area contributed by atoms with E-state index in [-0.39, 0.29) is 16.1 Å². The molecule has 1 heterocycles. The monoisotopic (exact) mass is 433 g/mol. The maximum atomic E-state index is 13.5. The molecule has 3 aromatic carbocycles. The van der Waals surface area contributed by atoms with Crippen LogP contribution in [0.2, 0.25) is 0 Å². The van der Waals surface area contributed by atoms with Crippen LogP contribution in [0.3, 0.4) is 0 Å². The van der Waals surface area contributed by atoms with Crippen LogP contribution >= 0.6 is 0 Å². The molecule has 0 fully saturated rings. The Morgan fingerprint density at radius 3 is 2.06 bits per heavy atom. The Morgan fingerprint density at radius 1 is 0.839 bits per heavy atom. The van der Waals surface area contributed by atoms with Crippen LogP contribution in [0.1, 0.15) is 21.5 Å². The van der Waals surface area contributed by atoms with E-state index in [0.29, 0.717) is 15.3 Å². The van der Waals surface area contributed by atoms with E-state index in [2.05, 4.69) is 0 Å². The third-order valence-electron chi connectivity index (χ3n) is 4.88. The molecule has 4 rings (SSSR count). The molecule has 31 heavy (non-hydrogen) atoms. The van der Waals surface area contributed by atoms with Crippen LogP contribution in [0.25, 0.3) is 11.0 Å². The summed E-state index contributed by atoms with van der Waals surface area (Å²) in [4.78, 5) is 26.0. The van der Waals surface area contributed by atoms with E-state index >= 15 is 0 Å². The number of rotatable bonds is 4. The number of fused-ring (bicyclic) bond motifs is 1. The van der Waals surface area contributed by atoms with Gasteiger partial charge in [0, 0.05) is 5.39 Å². The molecule has 0 N–H and O–H groups in total. The van der Waals surface area contributed by atoms with Crippen molar-refractivity contribution in [1.29, 1.82) is 0 Å². The predicted molar refractivity (Wildman–Crippen MR) is 119 cm³/mol. The van der Waals surface area contributed by atoms with Crippen molar-refractivity contribution >= 4 is 32.6 Å². The van der Waals surface area contributed by atoms with E-state index in [9.17, 15) is 18.0 Å². The minimum absolute atomic E-state index is 0.0581. The zero-order valence-corrected chi connectivity index (χ0v) is 17.7. The highest BCUT2D eigenvalue weighted by atomic mass is 32.2. The summed E-state index contributed by atoms with van der Waals surface area (Å²) in [6.45, 7) is 3.68. The van der Waals surface area contributed by atoms with E-state index in [4.69, 9.17) is 4.42 Å². The second kappa shape index (κ2) is 7.85. The van der Waals surface area contributed by atoms with Crippen LogP contribution in [0.5, 0.6) is 0 Å². The number of nitrogens with zero attached hydrogens (tertiary/aromatic N) is 1. The lowest BCUT2D eigenvalue weighted by atomic mass is 10.1. The van der Waals surface area contributed by atoms with Gasteiger partial charge in [-0.15, -0.1) is 0 Å². The van der Waals surface area contributed by atoms with E-state index in [1.165, 1.54) is 30.3 Å². The lowest BCUT2D eigenvalue weighted by molar-refractivity contribution is 0.100. The summed E-state index contributed by atoms with van der Waals surface area (Å²) in [7, 11) is -4.30. The Balaban J connectivity index is 1.92. The van der Waals surface area contributed by atoms with Crippen molar-refractivity contribution in [2.24, 2.45) is 0 Å². The Bertz CT molecular complexity index is 1440. The molecule has 0 aliphatic carbocycles. The average Bonchev–Trinajstić information content (AvgIpc) is 2.75. The van der Waals surface area contributed by atoms with Gasteiger partial charge in [-0.25, -0.2) is 13.2 Å².